The zero-order valence-electron chi connectivity index (χ0n) is 18.8. The van der Waals surface area contributed by atoms with Crippen molar-refractivity contribution in [2.45, 2.75) is 39.0 Å². The van der Waals surface area contributed by atoms with Crippen LogP contribution < -0.4 is 10.6 Å². The molecule has 2 N–H and O–H groups in total. The Kier molecular flexibility index (Phi) is 8.58. The van der Waals surface area contributed by atoms with E-state index in [4.69, 9.17) is 4.74 Å². The van der Waals surface area contributed by atoms with Crippen molar-refractivity contribution in [3.05, 3.63) is 107 Å². The van der Waals surface area contributed by atoms with Crippen LogP contribution in [0.5, 0.6) is 0 Å². The summed E-state index contributed by atoms with van der Waals surface area (Å²) in [5.41, 5.74) is 2.55. The molecule has 2 atom stereocenters. The van der Waals surface area contributed by atoms with Gasteiger partial charge >= 0.3 is 6.09 Å². The summed E-state index contributed by atoms with van der Waals surface area (Å²) in [6, 6.07) is 23.9. The molecule has 5 nitrogen and oxygen atoms in total. The molecule has 0 aliphatic heterocycles. The fourth-order valence-corrected chi connectivity index (χ4v) is 3.75. The van der Waals surface area contributed by atoms with E-state index >= 15 is 0 Å². The second-order valence-electron chi connectivity index (χ2n) is 8.21. The lowest BCUT2D eigenvalue weighted by Gasteiger charge is -2.30. The van der Waals surface area contributed by atoms with Crippen LogP contribution in [0.15, 0.2) is 84.9 Å². The predicted octanol–water partition coefficient (Wildman–Crippen LogP) is 5.18. The Balaban J connectivity index is 1.78. The van der Waals surface area contributed by atoms with Gasteiger partial charge in [-0.15, -0.1) is 0 Å². The topological polar surface area (TPSA) is 67.4 Å². The van der Waals surface area contributed by atoms with Gasteiger partial charge in [-0.25, -0.2) is 9.18 Å². The Morgan fingerprint density at radius 1 is 0.848 bits per heavy atom. The molecular formula is C27H29FN2O3. The Morgan fingerprint density at radius 2 is 1.42 bits per heavy atom. The third-order valence-electron chi connectivity index (χ3n) is 5.41. The first-order chi connectivity index (χ1) is 15.9. The summed E-state index contributed by atoms with van der Waals surface area (Å²) in [4.78, 5) is 25.9. The average molecular weight is 449 g/mol. The molecule has 3 aromatic rings. The Labute approximate surface area is 194 Å². The van der Waals surface area contributed by atoms with E-state index in [0.717, 1.165) is 16.7 Å². The first-order valence-corrected chi connectivity index (χ1v) is 11.0. The van der Waals surface area contributed by atoms with Gasteiger partial charge in [0.25, 0.3) is 0 Å². The maximum Gasteiger partial charge on any atom is 0.408 e. The molecule has 0 saturated carbocycles. The van der Waals surface area contributed by atoms with Crippen LogP contribution in [0.25, 0.3) is 0 Å². The SMILES string of the molecule is CC(C)[C@H](c1ccc(F)cc1)[C@@H](NC(=O)OCc1ccccc1)C(=O)NCc1ccccc1. The number of hydrogen-bond donors (Lipinski definition) is 2. The molecule has 0 heterocycles. The molecule has 6 heteroatoms. The molecule has 2 amide bonds. The smallest absolute Gasteiger partial charge is 0.408 e. The monoisotopic (exact) mass is 448 g/mol. The molecule has 3 aromatic carbocycles. The highest BCUT2D eigenvalue weighted by Gasteiger charge is 2.33. The molecule has 33 heavy (non-hydrogen) atoms. The third kappa shape index (κ3) is 7.17. The fourth-order valence-electron chi connectivity index (χ4n) is 3.75. The summed E-state index contributed by atoms with van der Waals surface area (Å²) in [7, 11) is 0. The van der Waals surface area contributed by atoms with Gasteiger partial charge in [-0.05, 0) is 34.7 Å². The highest BCUT2D eigenvalue weighted by atomic mass is 19.1. The number of rotatable bonds is 9. The summed E-state index contributed by atoms with van der Waals surface area (Å²) in [6.07, 6.45) is -0.688. The number of halogens is 1. The van der Waals surface area contributed by atoms with Gasteiger partial charge in [0.15, 0.2) is 0 Å². The van der Waals surface area contributed by atoms with Crippen LogP contribution in [-0.2, 0) is 22.7 Å². The highest BCUT2D eigenvalue weighted by Crippen LogP contribution is 2.29. The quantitative estimate of drug-likeness (QED) is 0.474. The number of benzene rings is 3. The number of carbonyl (C=O) groups excluding carboxylic acids is 2. The van der Waals surface area contributed by atoms with Crippen LogP contribution in [0.2, 0.25) is 0 Å². The average Bonchev–Trinajstić information content (AvgIpc) is 2.83. The van der Waals surface area contributed by atoms with Crippen molar-refractivity contribution < 1.29 is 18.7 Å². The van der Waals surface area contributed by atoms with Crippen molar-refractivity contribution in [2.75, 3.05) is 0 Å². The Hall–Kier alpha value is -3.67. The molecule has 0 spiro atoms. The minimum atomic E-state index is -0.901. The lowest BCUT2D eigenvalue weighted by Crippen LogP contribution is -2.51. The van der Waals surface area contributed by atoms with Crippen molar-refractivity contribution in [3.8, 4) is 0 Å². The first kappa shape index (κ1) is 24.0. The second-order valence-corrected chi connectivity index (χ2v) is 8.21. The van der Waals surface area contributed by atoms with Gasteiger partial charge < -0.3 is 15.4 Å². The van der Waals surface area contributed by atoms with Crippen LogP contribution in [0.1, 0.15) is 36.5 Å². The second kappa shape index (κ2) is 11.8. The highest BCUT2D eigenvalue weighted by molar-refractivity contribution is 5.86. The number of carbonyl (C=O) groups is 2. The Bertz CT molecular complexity index is 1020. The largest absolute Gasteiger partial charge is 0.445 e. The molecule has 0 aliphatic rings. The molecule has 0 aliphatic carbocycles. The maximum absolute atomic E-state index is 13.5. The van der Waals surface area contributed by atoms with Crippen LogP contribution >= 0.6 is 0 Å². The molecule has 0 unspecified atom stereocenters. The first-order valence-electron chi connectivity index (χ1n) is 11.0. The maximum atomic E-state index is 13.5. The van der Waals surface area contributed by atoms with Gasteiger partial charge in [-0.2, -0.15) is 0 Å². The summed E-state index contributed by atoms with van der Waals surface area (Å²) in [5.74, 6) is -1.09. The molecule has 0 aromatic heterocycles. The third-order valence-corrected chi connectivity index (χ3v) is 5.41. The zero-order valence-corrected chi connectivity index (χ0v) is 18.8. The van der Waals surface area contributed by atoms with E-state index in [1.165, 1.54) is 12.1 Å². The number of alkyl carbamates (subject to hydrolysis) is 1. The standard InChI is InChI=1S/C27H29FN2O3/c1-19(2)24(22-13-15-23(28)16-14-22)25(26(31)29-17-20-9-5-3-6-10-20)30-27(32)33-18-21-11-7-4-8-12-21/h3-16,19,24-25H,17-18H2,1-2H3,(H,29,31)(H,30,32)/t24-,25-/m1/s1. The zero-order chi connectivity index (χ0) is 23.6. The van der Waals surface area contributed by atoms with Crippen molar-refractivity contribution in [1.82, 2.24) is 10.6 Å². The van der Waals surface area contributed by atoms with Gasteiger partial charge in [0, 0.05) is 12.5 Å². The molecule has 0 bridgehead atoms. The van der Waals surface area contributed by atoms with E-state index in [2.05, 4.69) is 10.6 Å². The number of amides is 2. The van der Waals surface area contributed by atoms with Crippen LogP contribution in [0, 0.1) is 11.7 Å². The number of ether oxygens (including phenoxy) is 1. The molecule has 0 saturated heterocycles. The van der Waals surface area contributed by atoms with E-state index in [1.54, 1.807) is 12.1 Å². The summed E-state index contributed by atoms with van der Waals surface area (Å²) in [5, 5.41) is 5.66. The molecule has 0 radical (unpaired) electrons. The van der Waals surface area contributed by atoms with E-state index in [0.29, 0.717) is 6.54 Å². The van der Waals surface area contributed by atoms with E-state index in [-0.39, 0.29) is 30.2 Å². The van der Waals surface area contributed by atoms with Crippen LogP contribution in [-0.4, -0.2) is 18.0 Å². The lowest BCUT2D eigenvalue weighted by molar-refractivity contribution is -0.124. The van der Waals surface area contributed by atoms with Crippen molar-refractivity contribution in [2.24, 2.45) is 5.92 Å². The van der Waals surface area contributed by atoms with Crippen molar-refractivity contribution >= 4 is 12.0 Å². The van der Waals surface area contributed by atoms with Crippen LogP contribution in [0.4, 0.5) is 9.18 Å². The van der Waals surface area contributed by atoms with Crippen LogP contribution in [0.3, 0.4) is 0 Å². The molecule has 3 rings (SSSR count). The van der Waals surface area contributed by atoms with Gasteiger partial charge in [-0.3, -0.25) is 4.79 Å². The van der Waals surface area contributed by atoms with E-state index in [9.17, 15) is 14.0 Å². The van der Waals surface area contributed by atoms with E-state index in [1.807, 2.05) is 74.5 Å². The summed E-state index contributed by atoms with van der Waals surface area (Å²) < 4.78 is 18.9. The minimum Gasteiger partial charge on any atom is -0.445 e. The molecular weight excluding hydrogens is 419 g/mol. The van der Waals surface area contributed by atoms with Crippen molar-refractivity contribution in [1.29, 1.82) is 0 Å². The summed E-state index contributed by atoms with van der Waals surface area (Å²) in [6.45, 7) is 4.34. The minimum absolute atomic E-state index is 0.0163. The van der Waals surface area contributed by atoms with Gasteiger partial charge in [-0.1, -0.05) is 86.6 Å². The summed E-state index contributed by atoms with van der Waals surface area (Å²) >= 11 is 0. The van der Waals surface area contributed by atoms with Gasteiger partial charge in [0.1, 0.15) is 18.5 Å². The van der Waals surface area contributed by atoms with Gasteiger partial charge in [0.2, 0.25) is 5.91 Å². The predicted molar refractivity (Wildman–Crippen MR) is 126 cm³/mol. The normalized spacial score (nSPS) is 12.6. The molecule has 0 fully saturated rings. The number of hydrogen-bond acceptors (Lipinski definition) is 3. The van der Waals surface area contributed by atoms with E-state index < -0.39 is 12.1 Å². The van der Waals surface area contributed by atoms with Gasteiger partial charge in [0.05, 0.1) is 0 Å². The fraction of sp³-hybridized carbons (Fsp3) is 0.259. The van der Waals surface area contributed by atoms with Crippen molar-refractivity contribution in [3.63, 3.8) is 0 Å². The Morgan fingerprint density at radius 3 is 2.00 bits per heavy atom. The molecule has 172 valence electrons. The lowest BCUT2D eigenvalue weighted by atomic mass is 9.82. The number of nitrogens with one attached hydrogen (secondary N) is 2.